The SMILES string of the molecule is CCOc1ccc(-c2nn3ncccc3c2C(=O)OC)cc1. The van der Waals surface area contributed by atoms with Crippen LogP contribution in [0, 0.1) is 0 Å². The number of ether oxygens (including phenoxy) is 2. The number of esters is 1. The van der Waals surface area contributed by atoms with Gasteiger partial charge in [-0.05, 0) is 43.3 Å². The van der Waals surface area contributed by atoms with Crippen molar-refractivity contribution in [1.29, 1.82) is 0 Å². The molecule has 2 heterocycles. The van der Waals surface area contributed by atoms with Gasteiger partial charge in [0.2, 0.25) is 0 Å². The van der Waals surface area contributed by atoms with Gasteiger partial charge >= 0.3 is 5.97 Å². The standard InChI is InChI=1S/C16H15N3O3/c1-3-22-12-8-6-11(7-9-12)15-14(16(20)21-2)13-5-4-10-17-19(13)18-15/h4-10H,3H2,1-2H3. The van der Waals surface area contributed by atoms with Gasteiger partial charge in [0.25, 0.3) is 0 Å². The van der Waals surface area contributed by atoms with Crippen LogP contribution < -0.4 is 4.74 Å². The Hall–Kier alpha value is -2.89. The number of carbonyl (C=O) groups excluding carboxylic acids is 1. The molecule has 0 spiro atoms. The summed E-state index contributed by atoms with van der Waals surface area (Å²) in [5, 5.41) is 8.52. The quantitative estimate of drug-likeness (QED) is 0.692. The molecule has 2 aromatic heterocycles. The van der Waals surface area contributed by atoms with Gasteiger partial charge in [0.05, 0.1) is 13.7 Å². The van der Waals surface area contributed by atoms with Crippen molar-refractivity contribution in [2.24, 2.45) is 0 Å². The summed E-state index contributed by atoms with van der Waals surface area (Å²) in [6.45, 7) is 2.53. The minimum Gasteiger partial charge on any atom is -0.494 e. The fraction of sp³-hybridized carbons (Fsp3) is 0.188. The summed E-state index contributed by atoms with van der Waals surface area (Å²) < 4.78 is 11.7. The third-order valence-corrected chi connectivity index (χ3v) is 3.25. The average molecular weight is 297 g/mol. The first-order valence-electron chi connectivity index (χ1n) is 6.90. The van der Waals surface area contributed by atoms with Crippen molar-refractivity contribution in [3.8, 4) is 17.0 Å². The van der Waals surface area contributed by atoms with Crippen LogP contribution in [0.4, 0.5) is 0 Å². The molecular formula is C16H15N3O3. The first-order chi connectivity index (χ1) is 10.7. The Kier molecular flexibility index (Phi) is 3.74. The molecule has 0 atom stereocenters. The normalized spacial score (nSPS) is 10.6. The highest BCUT2D eigenvalue weighted by atomic mass is 16.5. The Morgan fingerprint density at radius 1 is 1.23 bits per heavy atom. The molecule has 0 radical (unpaired) electrons. The Bertz CT molecular complexity index is 809. The molecule has 6 nitrogen and oxygen atoms in total. The first-order valence-corrected chi connectivity index (χ1v) is 6.90. The van der Waals surface area contributed by atoms with E-state index in [9.17, 15) is 4.79 Å². The number of hydrogen-bond donors (Lipinski definition) is 0. The van der Waals surface area contributed by atoms with E-state index in [-0.39, 0.29) is 0 Å². The molecule has 0 aliphatic heterocycles. The van der Waals surface area contributed by atoms with Crippen LogP contribution in [0.15, 0.2) is 42.6 Å². The molecule has 0 N–H and O–H groups in total. The lowest BCUT2D eigenvalue weighted by Gasteiger charge is -2.04. The molecule has 0 fully saturated rings. The van der Waals surface area contributed by atoms with E-state index in [0.29, 0.717) is 23.4 Å². The molecule has 0 aliphatic rings. The lowest BCUT2D eigenvalue weighted by molar-refractivity contribution is 0.0604. The zero-order valence-electron chi connectivity index (χ0n) is 12.3. The van der Waals surface area contributed by atoms with Crippen LogP contribution in [-0.2, 0) is 4.74 Å². The third-order valence-electron chi connectivity index (χ3n) is 3.25. The Morgan fingerprint density at radius 2 is 2.00 bits per heavy atom. The van der Waals surface area contributed by atoms with E-state index in [0.717, 1.165) is 11.3 Å². The van der Waals surface area contributed by atoms with Crippen LogP contribution in [-0.4, -0.2) is 34.5 Å². The molecule has 0 saturated heterocycles. The van der Waals surface area contributed by atoms with Crippen LogP contribution in [0.5, 0.6) is 5.75 Å². The van der Waals surface area contributed by atoms with Gasteiger partial charge in [0.1, 0.15) is 22.5 Å². The molecule has 22 heavy (non-hydrogen) atoms. The summed E-state index contributed by atoms with van der Waals surface area (Å²) in [6, 6.07) is 10.9. The topological polar surface area (TPSA) is 65.7 Å². The van der Waals surface area contributed by atoms with E-state index in [1.165, 1.54) is 11.7 Å². The summed E-state index contributed by atoms with van der Waals surface area (Å²) in [4.78, 5) is 12.1. The largest absolute Gasteiger partial charge is 0.494 e. The van der Waals surface area contributed by atoms with Crippen molar-refractivity contribution in [3.05, 3.63) is 48.2 Å². The highest BCUT2D eigenvalue weighted by Gasteiger charge is 2.22. The molecular weight excluding hydrogens is 282 g/mol. The second-order valence-electron chi connectivity index (χ2n) is 4.57. The Balaban J connectivity index is 2.15. The maximum atomic E-state index is 12.1. The predicted molar refractivity (Wildman–Crippen MR) is 80.9 cm³/mol. The van der Waals surface area contributed by atoms with Crippen LogP contribution in [0.3, 0.4) is 0 Å². The zero-order chi connectivity index (χ0) is 15.5. The zero-order valence-corrected chi connectivity index (χ0v) is 12.3. The number of fused-ring (bicyclic) bond motifs is 1. The summed E-state index contributed by atoms with van der Waals surface area (Å²) in [5.41, 5.74) is 2.35. The Labute approximate surface area is 127 Å². The van der Waals surface area contributed by atoms with E-state index >= 15 is 0 Å². The van der Waals surface area contributed by atoms with Crippen LogP contribution in [0.25, 0.3) is 16.8 Å². The molecule has 0 aliphatic carbocycles. The van der Waals surface area contributed by atoms with E-state index in [1.807, 2.05) is 31.2 Å². The minimum absolute atomic E-state index is 0.403. The fourth-order valence-corrected chi connectivity index (χ4v) is 2.27. The number of hydrogen-bond acceptors (Lipinski definition) is 5. The summed E-state index contributed by atoms with van der Waals surface area (Å²) >= 11 is 0. The van der Waals surface area contributed by atoms with E-state index in [1.54, 1.807) is 18.3 Å². The molecule has 0 unspecified atom stereocenters. The van der Waals surface area contributed by atoms with Gasteiger partial charge < -0.3 is 9.47 Å². The lowest BCUT2D eigenvalue weighted by atomic mass is 10.1. The average Bonchev–Trinajstić information content (AvgIpc) is 2.94. The van der Waals surface area contributed by atoms with Gasteiger partial charge in [-0.25, -0.2) is 4.79 Å². The van der Waals surface area contributed by atoms with E-state index < -0.39 is 5.97 Å². The van der Waals surface area contributed by atoms with Crippen molar-refractivity contribution in [3.63, 3.8) is 0 Å². The van der Waals surface area contributed by atoms with Crippen molar-refractivity contribution in [2.45, 2.75) is 6.92 Å². The van der Waals surface area contributed by atoms with Crippen LogP contribution in [0.2, 0.25) is 0 Å². The van der Waals surface area contributed by atoms with Gasteiger partial charge in [0.15, 0.2) is 0 Å². The minimum atomic E-state index is -0.438. The lowest BCUT2D eigenvalue weighted by Crippen LogP contribution is -2.02. The van der Waals surface area contributed by atoms with Crippen molar-refractivity contribution < 1.29 is 14.3 Å². The van der Waals surface area contributed by atoms with Gasteiger partial charge in [0, 0.05) is 11.8 Å². The number of nitrogens with zero attached hydrogens (tertiary/aromatic N) is 3. The Morgan fingerprint density at radius 3 is 2.68 bits per heavy atom. The first kappa shape index (κ1) is 14.1. The molecule has 0 bridgehead atoms. The van der Waals surface area contributed by atoms with Gasteiger partial charge in [-0.15, -0.1) is 5.10 Å². The molecule has 3 aromatic rings. The van der Waals surface area contributed by atoms with E-state index in [2.05, 4.69) is 10.2 Å². The summed E-state index contributed by atoms with van der Waals surface area (Å²) in [5.74, 6) is 0.333. The molecule has 0 amide bonds. The van der Waals surface area contributed by atoms with E-state index in [4.69, 9.17) is 9.47 Å². The second kappa shape index (κ2) is 5.85. The smallest absolute Gasteiger partial charge is 0.342 e. The highest BCUT2D eigenvalue weighted by molar-refractivity contribution is 6.03. The van der Waals surface area contributed by atoms with Gasteiger partial charge in [-0.2, -0.15) is 9.73 Å². The molecule has 1 aromatic carbocycles. The molecule has 112 valence electrons. The predicted octanol–water partition coefficient (Wildman–Crippen LogP) is 2.58. The van der Waals surface area contributed by atoms with Gasteiger partial charge in [-0.1, -0.05) is 0 Å². The summed E-state index contributed by atoms with van der Waals surface area (Å²) in [6.07, 6.45) is 1.61. The van der Waals surface area contributed by atoms with Crippen LogP contribution in [0.1, 0.15) is 17.3 Å². The third kappa shape index (κ3) is 2.39. The number of rotatable bonds is 4. The second-order valence-corrected chi connectivity index (χ2v) is 4.57. The number of carbonyl (C=O) groups is 1. The monoisotopic (exact) mass is 297 g/mol. The highest BCUT2D eigenvalue weighted by Crippen LogP contribution is 2.27. The van der Waals surface area contributed by atoms with Crippen molar-refractivity contribution in [1.82, 2.24) is 14.8 Å². The van der Waals surface area contributed by atoms with Crippen molar-refractivity contribution >= 4 is 11.5 Å². The summed E-state index contributed by atoms with van der Waals surface area (Å²) in [7, 11) is 1.35. The fourth-order valence-electron chi connectivity index (χ4n) is 2.27. The maximum absolute atomic E-state index is 12.1. The number of aromatic nitrogens is 3. The van der Waals surface area contributed by atoms with Gasteiger partial charge in [-0.3, -0.25) is 0 Å². The molecule has 6 heteroatoms. The number of methoxy groups -OCH3 is 1. The van der Waals surface area contributed by atoms with Crippen molar-refractivity contribution in [2.75, 3.05) is 13.7 Å². The molecule has 3 rings (SSSR count). The number of benzene rings is 1. The van der Waals surface area contributed by atoms with Crippen LogP contribution >= 0.6 is 0 Å². The molecule has 0 saturated carbocycles. The maximum Gasteiger partial charge on any atom is 0.342 e.